The van der Waals surface area contributed by atoms with Gasteiger partial charge in [-0.3, -0.25) is 4.79 Å². The number of benzene rings is 1. The van der Waals surface area contributed by atoms with E-state index in [0.29, 0.717) is 12.0 Å². The number of amides is 1. The van der Waals surface area contributed by atoms with Gasteiger partial charge in [-0.15, -0.1) is 0 Å². The number of likely N-dealkylation sites (N-methyl/N-ethyl adjacent to an activating group) is 1. The highest BCUT2D eigenvalue weighted by Crippen LogP contribution is 2.08. The molecular formula is C15H19N3O. The highest BCUT2D eigenvalue weighted by atomic mass is 16.2. The van der Waals surface area contributed by atoms with Gasteiger partial charge in [0.05, 0.1) is 11.6 Å². The average molecular weight is 257 g/mol. The molecule has 0 aromatic heterocycles. The predicted octanol–water partition coefficient (Wildman–Crippen LogP) is 1.26. The van der Waals surface area contributed by atoms with Crippen molar-refractivity contribution in [1.82, 2.24) is 9.80 Å². The summed E-state index contributed by atoms with van der Waals surface area (Å²) < 4.78 is 0. The van der Waals surface area contributed by atoms with Crippen molar-refractivity contribution >= 4 is 5.91 Å². The minimum absolute atomic E-state index is 0.234. The molecule has 0 atom stereocenters. The van der Waals surface area contributed by atoms with Crippen molar-refractivity contribution in [3.63, 3.8) is 0 Å². The number of aryl methyl sites for hydroxylation is 1. The molecular weight excluding hydrogens is 238 g/mol. The molecule has 2 rings (SSSR count). The molecule has 0 unspecified atom stereocenters. The molecule has 1 heterocycles. The van der Waals surface area contributed by atoms with Crippen LogP contribution < -0.4 is 0 Å². The van der Waals surface area contributed by atoms with Crippen LogP contribution in [0.4, 0.5) is 0 Å². The third-order valence-corrected chi connectivity index (χ3v) is 3.57. The first-order valence-electron chi connectivity index (χ1n) is 6.64. The Kier molecular flexibility index (Phi) is 4.53. The van der Waals surface area contributed by atoms with Gasteiger partial charge in [0, 0.05) is 32.6 Å². The molecule has 0 aliphatic carbocycles. The number of carbonyl (C=O) groups is 1. The largest absolute Gasteiger partial charge is 0.340 e. The van der Waals surface area contributed by atoms with Crippen LogP contribution in [0.5, 0.6) is 0 Å². The number of hydrogen-bond acceptors (Lipinski definition) is 3. The van der Waals surface area contributed by atoms with Crippen LogP contribution in [0, 0.1) is 11.3 Å². The lowest BCUT2D eigenvalue weighted by Gasteiger charge is -2.32. The molecule has 1 aromatic rings. The zero-order valence-electron chi connectivity index (χ0n) is 11.3. The minimum Gasteiger partial charge on any atom is -0.340 e. The Morgan fingerprint density at radius 1 is 1.21 bits per heavy atom. The van der Waals surface area contributed by atoms with E-state index in [1.165, 1.54) is 0 Å². The smallest absolute Gasteiger partial charge is 0.222 e. The van der Waals surface area contributed by atoms with Crippen LogP contribution in [0.15, 0.2) is 24.3 Å². The van der Waals surface area contributed by atoms with Crippen molar-refractivity contribution in [2.75, 3.05) is 33.2 Å². The van der Waals surface area contributed by atoms with Crippen molar-refractivity contribution in [3.8, 4) is 6.07 Å². The monoisotopic (exact) mass is 257 g/mol. The summed E-state index contributed by atoms with van der Waals surface area (Å²) in [6.45, 7) is 3.59. The molecule has 0 N–H and O–H groups in total. The molecule has 4 heteroatoms. The van der Waals surface area contributed by atoms with Gasteiger partial charge < -0.3 is 9.80 Å². The third-order valence-electron chi connectivity index (χ3n) is 3.57. The van der Waals surface area contributed by atoms with Gasteiger partial charge in [-0.1, -0.05) is 12.1 Å². The second-order valence-corrected chi connectivity index (χ2v) is 4.99. The lowest BCUT2D eigenvalue weighted by atomic mass is 10.1. The van der Waals surface area contributed by atoms with Crippen molar-refractivity contribution < 1.29 is 4.79 Å². The van der Waals surface area contributed by atoms with Gasteiger partial charge in [-0.25, -0.2) is 0 Å². The Morgan fingerprint density at radius 3 is 2.42 bits per heavy atom. The van der Waals surface area contributed by atoms with E-state index in [-0.39, 0.29) is 5.91 Å². The fourth-order valence-corrected chi connectivity index (χ4v) is 2.21. The maximum atomic E-state index is 12.1. The molecule has 0 spiro atoms. The molecule has 19 heavy (non-hydrogen) atoms. The van der Waals surface area contributed by atoms with Gasteiger partial charge in [0.25, 0.3) is 0 Å². The molecule has 0 bridgehead atoms. The summed E-state index contributed by atoms with van der Waals surface area (Å²) in [4.78, 5) is 16.2. The Labute approximate surface area is 114 Å². The first-order valence-corrected chi connectivity index (χ1v) is 6.64. The second-order valence-electron chi connectivity index (χ2n) is 4.99. The Morgan fingerprint density at radius 2 is 1.84 bits per heavy atom. The zero-order valence-corrected chi connectivity index (χ0v) is 11.3. The van der Waals surface area contributed by atoms with Crippen LogP contribution in [-0.2, 0) is 11.2 Å². The van der Waals surface area contributed by atoms with Crippen LogP contribution in [-0.4, -0.2) is 48.9 Å². The lowest BCUT2D eigenvalue weighted by molar-refractivity contribution is -0.132. The number of nitriles is 1. The maximum absolute atomic E-state index is 12.1. The summed E-state index contributed by atoms with van der Waals surface area (Å²) in [5, 5.41) is 8.72. The van der Waals surface area contributed by atoms with Gasteiger partial charge >= 0.3 is 0 Å². The number of nitrogens with zero attached hydrogens (tertiary/aromatic N) is 3. The Bertz CT molecular complexity index is 467. The van der Waals surface area contributed by atoms with Crippen LogP contribution in [0.3, 0.4) is 0 Å². The van der Waals surface area contributed by atoms with Crippen molar-refractivity contribution in [2.45, 2.75) is 12.8 Å². The van der Waals surface area contributed by atoms with E-state index in [1.807, 2.05) is 17.0 Å². The molecule has 4 nitrogen and oxygen atoms in total. The van der Waals surface area contributed by atoms with E-state index >= 15 is 0 Å². The summed E-state index contributed by atoms with van der Waals surface area (Å²) in [6.07, 6.45) is 1.30. The number of carbonyl (C=O) groups excluding carboxylic acids is 1. The van der Waals surface area contributed by atoms with Gasteiger partial charge in [0.2, 0.25) is 5.91 Å². The zero-order chi connectivity index (χ0) is 13.7. The van der Waals surface area contributed by atoms with Crippen LogP contribution in [0.1, 0.15) is 17.5 Å². The van der Waals surface area contributed by atoms with Gasteiger partial charge in [-0.2, -0.15) is 5.26 Å². The summed E-state index contributed by atoms with van der Waals surface area (Å²) in [6, 6.07) is 9.55. The highest BCUT2D eigenvalue weighted by Gasteiger charge is 2.18. The van der Waals surface area contributed by atoms with E-state index in [9.17, 15) is 4.79 Å². The van der Waals surface area contributed by atoms with Gasteiger partial charge in [0.1, 0.15) is 0 Å². The molecule has 1 aliphatic heterocycles. The fraction of sp³-hybridized carbons (Fsp3) is 0.467. The SMILES string of the molecule is CN1CCN(C(=O)CCc2ccc(C#N)cc2)CC1. The first kappa shape index (κ1) is 13.6. The van der Waals surface area contributed by atoms with Crippen molar-refractivity contribution in [1.29, 1.82) is 5.26 Å². The van der Waals surface area contributed by atoms with Crippen LogP contribution in [0.25, 0.3) is 0 Å². The van der Waals surface area contributed by atoms with E-state index < -0.39 is 0 Å². The molecule has 0 radical (unpaired) electrons. The predicted molar refractivity (Wildman–Crippen MR) is 73.6 cm³/mol. The second kappa shape index (κ2) is 6.35. The van der Waals surface area contributed by atoms with E-state index in [0.717, 1.165) is 38.2 Å². The maximum Gasteiger partial charge on any atom is 0.222 e. The van der Waals surface area contributed by atoms with E-state index in [2.05, 4.69) is 18.0 Å². The first-order chi connectivity index (χ1) is 9.19. The standard InChI is InChI=1S/C15H19N3O/c1-17-8-10-18(11-9-17)15(19)7-6-13-2-4-14(12-16)5-3-13/h2-5H,6-11H2,1H3. The molecule has 1 fully saturated rings. The normalized spacial score (nSPS) is 16.1. The molecule has 0 saturated carbocycles. The third kappa shape index (κ3) is 3.80. The van der Waals surface area contributed by atoms with E-state index in [4.69, 9.17) is 5.26 Å². The lowest BCUT2D eigenvalue weighted by Crippen LogP contribution is -2.47. The quantitative estimate of drug-likeness (QED) is 0.819. The van der Waals surface area contributed by atoms with Crippen LogP contribution >= 0.6 is 0 Å². The average Bonchev–Trinajstić information content (AvgIpc) is 2.46. The summed E-state index contributed by atoms with van der Waals surface area (Å²) in [5.41, 5.74) is 1.77. The minimum atomic E-state index is 0.234. The number of piperazine rings is 1. The molecule has 1 saturated heterocycles. The Balaban J connectivity index is 1.81. The molecule has 1 amide bonds. The summed E-state index contributed by atoms with van der Waals surface area (Å²) in [7, 11) is 2.08. The molecule has 1 aromatic carbocycles. The summed E-state index contributed by atoms with van der Waals surface area (Å²) >= 11 is 0. The Hall–Kier alpha value is -1.86. The fourth-order valence-electron chi connectivity index (χ4n) is 2.21. The van der Waals surface area contributed by atoms with Crippen molar-refractivity contribution in [2.24, 2.45) is 0 Å². The van der Waals surface area contributed by atoms with Gasteiger partial charge in [-0.05, 0) is 31.2 Å². The van der Waals surface area contributed by atoms with E-state index in [1.54, 1.807) is 12.1 Å². The molecule has 100 valence electrons. The van der Waals surface area contributed by atoms with Crippen molar-refractivity contribution in [3.05, 3.63) is 35.4 Å². The summed E-state index contributed by atoms with van der Waals surface area (Å²) in [5.74, 6) is 0.234. The topological polar surface area (TPSA) is 47.3 Å². The highest BCUT2D eigenvalue weighted by molar-refractivity contribution is 5.76. The molecule has 1 aliphatic rings. The number of hydrogen-bond donors (Lipinski definition) is 0. The number of rotatable bonds is 3. The van der Waals surface area contributed by atoms with Gasteiger partial charge in [0.15, 0.2) is 0 Å². The van der Waals surface area contributed by atoms with Crippen LogP contribution in [0.2, 0.25) is 0 Å².